The Morgan fingerprint density at radius 1 is 1.11 bits per heavy atom. The molecule has 1 saturated heterocycles. The van der Waals surface area contributed by atoms with E-state index in [2.05, 4.69) is 5.32 Å². The number of rotatable bonds is 9. The van der Waals surface area contributed by atoms with E-state index in [-0.39, 0.29) is 18.7 Å². The van der Waals surface area contributed by atoms with Gasteiger partial charge in [-0.2, -0.15) is 0 Å². The van der Waals surface area contributed by atoms with E-state index in [1.807, 2.05) is 25.7 Å². The summed E-state index contributed by atoms with van der Waals surface area (Å²) >= 11 is 0. The predicted molar refractivity (Wildman–Crippen MR) is 105 cm³/mol. The van der Waals surface area contributed by atoms with Crippen molar-refractivity contribution >= 4 is 11.7 Å². The lowest BCUT2D eigenvalue weighted by Gasteiger charge is -2.35. The van der Waals surface area contributed by atoms with E-state index in [0.717, 1.165) is 19.3 Å². The van der Waals surface area contributed by atoms with Crippen LogP contribution in [0.2, 0.25) is 0 Å². The van der Waals surface area contributed by atoms with Crippen molar-refractivity contribution in [2.75, 3.05) is 38.3 Å². The van der Waals surface area contributed by atoms with Crippen LogP contribution in [-0.4, -0.2) is 55.1 Å². The first-order chi connectivity index (χ1) is 13.1. The monoisotopic (exact) mass is 380 g/mol. The smallest absolute Gasteiger partial charge is 0.322 e. The zero-order valence-corrected chi connectivity index (χ0v) is 16.6. The third-order valence-electron chi connectivity index (χ3n) is 4.51. The number of carbonyl (C=O) groups is 1. The second-order valence-electron chi connectivity index (χ2n) is 6.39. The number of ether oxygens (including phenoxy) is 3. The second kappa shape index (κ2) is 10.9. The fraction of sp³-hybridized carbons (Fsp3) is 0.650. The van der Waals surface area contributed by atoms with E-state index in [9.17, 15) is 9.90 Å². The molecular formula is C20H32N2O5. The lowest BCUT2D eigenvalue weighted by Crippen LogP contribution is -2.46. The Labute approximate surface area is 161 Å². The summed E-state index contributed by atoms with van der Waals surface area (Å²) in [4.78, 5) is 14.6. The Kier molecular flexibility index (Phi) is 8.51. The van der Waals surface area contributed by atoms with Gasteiger partial charge < -0.3 is 29.5 Å². The lowest BCUT2D eigenvalue weighted by molar-refractivity contribution is 0.141. The summed E-state index contributed by atoms with van der Waals surface area (Å²) < 4.78 is 17.1. The van der Waals surface area contributed by atoms with Crippen LogP contribution >= 0.6 is 0 Å². The van der Waals surface area contributed by atoms with Gasteiger partial charge in [-0.25, -0.2) is 4.79 Å². The summed E-state index contributed by atoms with van der Waals surface area (Å²) in [5.41, 5.74) is 0.601. The van der Waals surface area contributed by atoms with Crippen LogP contribution < -0.4 is 19.5 Å². The molecule has 0 radical (unpaired) electrons. The topological polar surface area (TPSA) is 80.3 Å². The van der Waals surface area contributed by atoms with Gasteiger partial charge in [0.1, 0.15) is 0 Å². The number of anilines is 1. The molecule has 0 bridgehead atoms. The maximum atomic E-state index is 12.8. The van der Waals surface area contributed by atoms with Gasteiger partial charge >= 0.3 is 6.03 Å². The van der Waals surface area contributed by atoms with Gasteiger partial charge in [-0.1, -0.05) is 0 Å². The molecule has 0 saturated carbocycles. The van der Waals surface area contributed by atoms with Crippen molar-refractivity contribution in [2.45, 2.75) is 52.5 Å². The Hall–Kier alpha value is -2.15. The number of nitrogens with one attached hydrogen (secondary N) is 1. The van der Waals surface area contributed by atoms with Crippen LogP contribution in [0.1, 0.15) is 46.5 Å². The second-order valence-corrected chi connectivity index (χ2v) is 6.39. The van der Waals surface area contributed by atoms with Crippen LogP contribution in [0.5, 0.6) is 17.2 Å². The Morgan fingerprint density at radius 2 is 1.74 bits per heavy atom. The number of hydrogen-bond donors (Lipinski definition) is 2. The highest BCUT2D eigenvalue weighted by Gasteiger charge is 2.27. The van der Waals surface area contributed by atoms with E-state index in [4.69, 9.17) is 14.2 Å². The summed E-state index contributed by atoms with van der Waals surface area (Å²) in [5.74, 6) is 1.65. The van der Waals surface area contributed by atoms with E-state index in [0.29, 0.717) is 55.7 Å². The standard InChI is InChI=1S/C20H32N2O5/c1-4-25-17-13-15(14-18(26-5-2)19(17)27-6-3)21-20(24)22-11-8-7-9-16(22)10-12-23/h13-14,16,23H,4-12H2,1-3H3,(H,21,24). The highest BCUT2D eigenvalue weighted by atomic mass is 16.5. The predicted octanol–water partition coefficient (Wildman–Crippen LogP) is 3.65. The minimum atomic E-state index is -0.165. The van der Waals surface area contributed by atoms with Gasteiger partial charge in [0.2, 0.25) is 5.75 Å². The number of nitrogens with zero attached hydrogens (tertiary/aromatic N) is 1. The van der Waals surface area contributed by atoms with Gasteiger partial charge in [-0.05, 0) is 46.5 Å². The average molecular weight is 380 g/mol. The molecule has 2 rings (SSSR count). The molecule has 0 aliphatic carbocycles. The zero-order valence-electron chi connectivity index (χ0n) is 16.6. The minimum Gasteiger partial charge on any atom is -0.490 e. The molecule has 2 amide bonds. The molecule has 7 nitrogen and oxygen atoms in total. The van der Waals surface area contributed by atoms with E-state index in [1.54, 1.807) is 12.1 Å². The number of urea groups is 1. The van der Waals surface area contributed by atoms with Crippen molar-refractivity contribution in [3.05, 3.63) is 12.1 Å². The van der Waals surface area contributed by atoms with Crippen molar-refractivity contribution in [3.63, 3.8) is 0 Å². The Morgan fingerprint density at radius 3 is 2.30 bits per heavy atom. The molecule has 1 aromatic rings. The van der Waals surface area contributed by atoms with Crippen molar-refractivity contribution in [2.24, 2.45) is 0 Å². The molecule has 27 heavy (non-hydrogen) atoms. The molecule has 1 heterocycles. The fourth-order valence-electron chi connectivity index (χ4n) is 3.37. The molecule has 2 N–H and O–H groups in total. The Balaban J connectivity index is 2.24. The quantitative estimate of drug-likeness (QED) is 0.683. The van der Waals surface area contributed by atoms with E-state index < -0.39 is 0 Å². The molecule has 1 aliphatic heterocycles. The number of benzene rings is 1. The molecule has 1 aliphatic rings. The number of hydrogen-bond acceptors (Lipinski definition) is 5. The van der Waals surface area contributed by atoms with Crippen LogP contribution in [0, 0.1) is 0 Å². The summed E-state index contributed by atoms with van der Waals surface area (Å²) in [6, 6.07) is 3.44. The average Bonchev–Trinajstić information content (AvgIpc) is 2.65. The van der Waals surface area contributed by atoms with Crippen LogP contribution in [0.25, 0.3) is 0 Å². The summed E-state index contributed by atoms with van der Waals surface area (Å²) in [7, 11) is 0. The normalized spacial score (nSPS) is 16.7. The van der Waals surface area contributed by atoms with Gasteiger partial charge in [0.15, 0.2) is 11.5 Å². The third kappa shape index (κ3) is 5.66. The first kappa shape index (κ1) is 21.2. The molecule has 0 aromatic heterocycles. The molecule has 1 fully saturated rings. The van der Waals surface area contributed by atoms with Gasteiger partial charge in [0.25, 0.3) is 0 Å². The lowest BCUT2D eigenvalue weighted by atomic mass is 10.0. The third-order valence-corrected chi connectivity index (χ3v) is 4.51. The van der Waals surface area contributed by atoms with Crippen LogP contribution in [0.3, 0.4) is 0 Å². The first-order valence-electron chi connectivity index (χ1n) is 9.89. The van der Waals surface area contributed by atoms with Gasteiger partial charge in [0, 0.05) is 31.3 Å². The SMILES string of the molecule is CCOc1cc(NC(=O)N2CCCCC2CCO)cc(OCC)c1OCC. The summed E-state index contributed by atoms with van der Waals surface area (Å²) in [5, 5.41) is 12.2. The first-order valence-corrected chi connectivity index (χ1v) is 9.89. The number of aliphatic hydroxyl groups excluding tert-OH is 1. The molecular weight excluding hydrogens is 348 g/mol. The maximum absolute atomic E-state index is 12.8. The van der Waals surface area contributed by atoms with Crippen LogP contribution in [0.4, 0.5) is 10.5 Å². The minimum absolute atomic E-state index is 0.0733. The zero-order chi connectivity index (χ0) is 19.6. The van der Waals surface area contributed by atoms with Gasteiger partial charge in [-0.3, -0.25) is 0 Å². The number of likely N-dealkylation sites (tertiary alicyclic amines) is 1. The highest BCUT2D eigenvalue weighted by Crippen LogP contribution is 2.41. The number of carbonyl (C=O) groups excluding carboxylic acids is 1. The number of amides is 2. The molecule has 7 heteroatoms. The summed E-state index contributed by atoms with van der Waals surface area (Å²) in [6.45, 7) is 7.93. The van der Waals surface area contributed by atoms with Crippen molar-refractivity contribution in [3.8, 4) is 17.2 Å². The molecule has 1 aromatic carbocycles. The molecule has 0 spiro atoms. The number of piperidine rings is 1. The van der Waals surface area contributed by atoms with Crippen molar-refractivity contribution in [1.29, 1.82) is 0 Å². The van der Waals surface area contributed by atoms with Crippen molar-refractivity contribution in [1.82, 2.24) is 4.90 Å². The maximum Gasteiger partial charge on any atom is 0.322 e. The largest absolute Gasteiger partial charge is 0.490 e. The molecule has 1 unspecified atom stereocenters. The van der Waals surface area contributed by atoms with Crippen molar-refractivity contribution < 1.29 is 24.1 Å². The van der Waals surface area contributed by atoms with E-state index >= 15 is 0 Å². The van der Waals surface area contributed by atoms with E-state index in [1.165, 1.54) is 0 Å². The fourth-order valence-corrected chi connectivity index (χ4v) is 3.37. The van der Waals surface area contributed by atoms with Gasteiger partial charge in [-0.15, -0.1) is 0 Å². The Bertz CT molecular complexity index is 579. The van der Waals surface area contributed by atoms with Gasteiger partial charge in [0.05, 0.1) is 25.5 Å². The highest BCUT2D eigenvalue weighted by molar-refractivity contribution is 5.90. The molecule has 1 atom stereocenters. The van der Waals surface area contributed by atoms with Crippen LogP contribution in [0.15, 0.2) is 12.1 Å². The number of aliphatic hydroxyl groups is 1. The van der Waals surface area contributed by atoms with Crippen LogP contribution in [-0.2, 0) is 0 Å². The summed E-state index contributed by atoms with van der Waals surface area (Å²) in [6.07, 6.45) is 3.59. The molecule has 152 valence electrons.